The number of nitrogen functional groups attached to an aromatic ring is 1. The van der Waals surface area contributed by atoms with Crippen LogP contribution in [0.25, 0.3) is 0 Å². The molecule has 0 aliphatic rings. The Balaban J connectivity index is 2.69. The van der Waals surface area contributed by atoms with Crippen LogP contribution in [0.4, 0.5) is 11.4 Å². The molecule has 1 rings (SSSR count). The smallest absolute Gasteiger partial charge is 0.239 e. The van der Waals surface area contributed by atoms with Crippen LogP contribution >= 0.6 is 11.6 Å². The predicted molar refractivity (Wildman–Crippen MR) is 72.4 cm³/mol. The Morgan fingerprint density at radius 3 is 2.71 bits per heavy atom. The first-order valence-electron chi connectivity index (χ1n) is 5.45. The van der Waals surface area contributed by atoms with Gasteiger partial charge in [-0.05, 0) is 32.0 Å². The highest BCUT2D eigenvalue weighted by Crippen LogP contribution is 2.25. The van der Waals surface area contributed by atoms with Crippen LogP contribution in [0.2, 0.25) is 5.02 Å². The predicted octanol–water partition coefficient (Wildman–Crippen LogP) is 1.88. The normalized spacial score (nSPS) is 10.4. The minimum Gasteiger partial charge on any atom is -0.397 e. The van der Waals surface area contributed by atoms with E-state index in [9.17, 15) is 4.79 Å². The van der Waals surface area contributed by atoms with Crippen molar-refractivity contribution in [3.8, 4) is 0 Å². The molecule has 3 N–H and O–H groups in total. The summed E-state index contributed by atoms with van der Waals surface area (Å²) in [5.41, 5.74) is 7.21. The molecule has 17 heavy (non-hydrogen) atoms. The molecule has 0 aliphatic heterocycles. The lowest BCUT2D eigenvalue weighted by Gasteiger charge is -2.21. The van der Waals surface area contributed by atoms with Crippen molar-refractivity contribution >= 4 is 28.9 Å². The Bertz CT molecular complexity index is 407. The van der Waals surface area contributed by atoms with Crippen LogP contribution in [-0.2, 0) is 4.79 Å². The molecule has 1 amide bonds. The van der Waals surface area contributed by atoms with Gasteiger partial charge in [0, 0.05) is 18.1 Å². The average molecular weight is 256 g/mol. The maximum Gasteiger partial charge on any atom is 0.239 e. The first-order chi connectivity index (χ1) is 7.90. The maximum absolute atomic E-state index is 11.6. The summed E-state index contributed by atoms with van der Waals surface area (Å²) < 4.78 is 0. The number of likely N-dealkylation sites (N-methyl/N-ethyl adjacent to an activating group) is 1. The molecule has 0 heterocycles. The fraction of sp³-hybridized carbons (Fsp3) is 0.417. The van der Waals surface area contributed by atoms with Crippen LogP contribution in [0.15, 0.2) is 18.2 Å². The summed E-state index contributed by atoms with van der Waals surface area (Å²) in [4.78, 5) is 13.4. The van der Waals surface area contributed by atoms with Crippen molar-refractivity contribution in [2.75, 3.05) is 24.2 Å². The number of carbonyl (C=O) groups is 1. The lowest BCUT2D eigenvalue weighted by molar-refractivity contribution is -0.120. The molecule has 0 fully saturated rings. The molecule has 0 unspecified atom stereocenters. The first-order valence-corrected chi connectivity index (χ1v) is 5.83. The molecule has 0 saturated heterocycles. The van der Waals surface area contributed by atoms with Crippen molar-refractivity contribution in [3.05, 3.63) is 23.2 Å². The Labute approximate surface area is 107 Å². The van der Waals surface area contributed by atoms with E-state index in [4.69, 9.17) is 17.3 Å². The molecule has 1 aromatic carbocycles. The monoisotopic (exact) mass is 255 g/mol. The number of rotatable bonds is 4. The van der Waals surface area contributed by atoms with Gasteiger partial charge in [-0.1, -0.05) is 11.6 Å². The molecular weight excluding hydrogens is 238 g/mol. The summed E-state index contributed by atoms with van der Waals surface area (Å²) in [6.07, 6.45) is 0. The maximum atomic E-state index is 11.6. The van der Waals surface area contributed by atoms with E-state index < -0.39 is 0 Å². The van der Waals surface area contributed by atoms with Crippen LogP contribution in [0, 0.1) is 0 Å². The van der Waals surface area contributed by atoms with Gasteiger partial charge in [-0.3, -0.25) is 4.79 Å². The molecule has 0 bridgehead atoms. The molecule has 0 radical (unpaired) electrons. The molecule has 1 aromatic rings. The van der Waals surface area contributed by atoms with Gasteiger partial charge < -0.3 is 16.0 Å². The first kappa shape index (κ1) is 13.6. The number of anilines is 2. The quantitative estimate of drug-likeness (QED) is 0.808. The van der Waals surface area contributed by atoms with E-state index in [1.54, 1.807) is 23.1 Å². The SMILES string of the molecule is CC(C)NC(=O)CN(C)c1ccc(Cl)cc1N. The highest BCUT2D eigenvalue weighted by molar-refractivity contribution is 6.31. The zero-order valence-electron chi connectivity index (χ0n) is 10.3. The van der Waals surface area contributed by atoms with Crippen molar-refractivity contribution < 1.29 is 4.79 Å². The molecule has 4 nitrogen and oxygen atoms in total. The standard InChI is InChI=1S/C12H18ClN3O/c1-8(2)15-12(17)7-16(3)11-5-4-9(13)6-10(11)14/h4-6,8H,7,14H2,1-3H3,(H,15,17). The summed E-state index contributed by atoms with van der Waals surface area (Å²) in [7, 11) is 1.82. The van der Waals surface area contributed by atoms with E-state index in [1.165, 1.54) is 0 Å². The van der Waals surface area contributed by atoms with Gasteiger partial charge >= 0.3 is 0 Å². The van der Waals surface area contributed by atoms with Crippen molar-refractivity contribution in [1.29, 1.82) is 0 Å². The number of nitrogens with zero attached hydrogens (tertiary/aromatic N) is 1. The van der Waals surface area contributed by atoms with E-state index >= 15 is 0 Å². The van der Waals surface area contributed by atoms with Crippen molar-refractivity contribution in [1.82, 2.24) is 5.32 Å². The molecule has 0 saturated carbocycles. The van der Waals surface area contributed by atoms with Crippen LogP contribution in [-0.4, -0.2) is 25.5 Å². The minimum atomic E-state index is -0.0307. The number of hydrogen-bond donors (Lipinski definition) is 2. The topological polar surface area (TPSA) is 58.4 Å². The second-order valence-corrected chi connectivity index (χ2v) is 4.72. The summed E-state index contributed by atoms with van der Waals surface area (Å²) in [5, 5.41) is 3.42. The van der Waals surface area contributed by atoms with Gasteiger partial charge in [0.15, 0.2) is 0 Å². The minimum absolute atomic E-state index is 0.0307. The summed E-state index contributed by atoms with van der Waals surface area (Å²) >= 11 is 5.82. The van der Waals surface area contributed by atoms with Crippen LogP contribution < -0.4 is 16.0 Å². The molecule has 0 aliphatic carbocycles. The van der Waals surface area contributed by atoms with Crippen molar-refractivity contribution in [2.24, 2.45) is 0 Å². The van der Waals surface area contributed by atoms with Gasteiger partial charge in [-0.15, -0.1) is 0 Å². The molecule has 0 spiro atoms. The Kier molecular flexibility index (Phi) is 4.63. The summed E-state index contributed by atoms with van der Waals surface area (Å²) in [6, 6.07) is 5.37. The fourth-order valence-electron chi connectivity index (χ4n) is 1.54. The zero-order chi connectivity index (χ0) is 13.0. The van der Waals surface area contributed by atoms with Gasteiger partial charge in [0.2, 0.25) is 5.91 Å². The number of nitrogens with one attached hydrogen (secondary N) is 1. The fourth-order valence-corrected chi connectivity index (χ4v) is 1.72. The van der Waals surface area contributed by atoms with E-state index in [0.29, 0.717) is 10.7 Å². The Hall–Kier alpha value is -1.42. The van der Waals surface area contributed by atoms with E-state index in [0.717, 1.165) is 5.69 Å². The molecule has 0 aromatic heterocycles. The van der Waals surface area contributed by atoms with E-state index in [-0.39, 0.29) is 18.5 Å². The van der Waals surface area contributed by atoms with E-state index in [2.05, 4.69) is 5.32 Å². The summed E-state index contributed by atoms with van der Waals surface area (Å²) in [6.45, 7) is 4.12. The zero-order valence-corrected chi connectivity index (χ0v) is 11.1. The van der Waals surface area contributed by atoms with Gasteiger partial charge in [-0.25, -0.2) is 0 Å². The number of carbonyl (C=O) groups excluding carboxylic acids is 1. The largest absolute Gasteiger partial charge is 0.397 e. The van der Waals surface area contributed by atoms with Crippen molar-refractivity contribution in [2.45, 2.75) is 19.9 Å². The number of benzene rings is 1. The number of nitrogens with two attached hydrogens (primary N) is 1. The highest BCUT2D eigenvalue weighted by Gasteiger charge is 2.10. The van der Waals surface area contributed by atoms with Crippen LogP contribution in [0.1, 0.15) is 13.8 Å². The second-order valence-electron chi connectivity index (χ2n) is 4.28. The Morgan fingerprint density at radius 1 is 1.53 bits per heavy atom. The highest BCUT2D eigenvalue weighted by atomic mass is 35.5. The number of hydrogen-bond acceptors (Lipinski definition) is 3. The molecule has 94 valence electrons. The third kappa shape index (κ3) is 4.15. The number of halogens is 1. The van der Waals surface area contributed by atoms with Crippen molar-refractivity contribution in [3.63, 3.8) is 0 Å². The lowest BCUT2D eigenvalue weighted by atomic mass is 10.2. The molecular formula is C12H18ClN3O. The third-order valence-electron chi connectivity index (χ3n) is 2.23. The summed E-state index contributed by atoms with van der Waals surface area (Å²) in [5.74, 6) is -0.0307. The van der Waals surface area contributed by atoms with E-state index in [1.807, 2.05) is 20.9 Å². The van der Waals surface area contributed by atoms with Crippen LogP contribution in [0.5, 0.6) is 0 Å². The number of amides is 1. The van der Waals surface area contributed by atoms with Gasteiger partial charge in [-0.2, -0.15) is 0 Å². The third-order valence-corrected chi connectivity index (χ3v) is 2.47. The average Bonchev–Trinajstić information content (AvgIpc) is 2.15. The Morgan fingerprint density at radius 2 is 2.18 bits per heavy atom. The second kappa shape index (κ2) is 5.77. The van der Waals surface area contributed by atoms with Gasteiger partial charge in [0.1, 0.15) is 0 Å². The molecule has 0 atom stereocenters. The van der Waals surface area contributed by atoms with Crippen LogP contribution in [0.3, 0.4) is 0 Å². The molecule has 5 heteroatoms. The van der Waals surface area contributed by atoms with Gasteiger partial charge in [0.25, 0.3) is 0 Å². The van der Waals surface area contributed by atoms with Gasteiger partial charge in [0.05, 0.1) is 17.9 Å². The lowest BCUT2D eigenvalue weighted by Crippen LogP contribution is -2.38.